The van der Waals surface area contributed by atoms with Gasteiger partial charge in [-0.3, -0.25) is 0 Å². The van der Waals surface area contributed by atoms with Crippen LogP contribution in [0.2, 0.25) is 10.0 Å². The van der Waals surface area contributed by atoms with E-state index in [1.54, 1.807) is 19.2 Å². The molecule has 122 valence electrons. The normalized spacial score (nSPS) is 10.4. The van der Waals surface area contributed by atoms with E-state index in [0.29, 0.717) is 28.2 Å². The smallest absolute Gasteiger partial charge is 0.161 e. The lowest BCUT2D eigenvalue weighted by atomic mass is 10.2. The Bertz CT molecular complexity index is 674. The van der Waals surface area contributed by atoms with E-state index in [4.69, 9.17) is 32.7 Å². The lowest BCUT2D eigenvalue weighted by Gasteiger charge is -2.13. The topological polar surface area (TPSA) is 30.5 Å². The van der Waals surface area contributed by atoms with Crippen molar-refractivity contribution >= 4 is 23.2 Å². The van der Waals surface area contributed by atoms with Crippen LogP contribution in [0.5, 0.6) is 11.5 Å². The van der Waals surface area contributed by atoms with Crippen LogP contribution in [0.15, 0.2) is 49.1 Å². The standard InChI is InChI=1S/C18H19Cl2NO2/c1-3-8-21-11-13-5-7-17(18(10-13)22-2)23-12-14-4-6-15(19)16(20)9-14/h3-7,9-10,21H,1,8,11-12H2,2H3. The number of hydrogen-bond donors (Lipinski definition) is 1. The number of hydrogen-bond acceptors (Lipinski definition) is 3. The molecule has 0 spiro atoms. The lowest BCUT2D eigenvalue weighted by Crippen LogP contribution is -2.12. The predicted molar refractivity (Wildman–Crippen MR) is 95.7 cm³/mol. The Labute approximate surface area is 146 Å². The number of benzene rings is 2. The maximum atomic E-state index is 6.01. The Morgan fingerprint density at radius 2 is 1.83 bits per heavy atom. The third-order valence-corrected chi connectivity index (χ3v) is 3.96. The van der Waals surface area contributed by atoms with E-state index >= 15 is 0 Å². The van der Waals surface area contributed by atoms with Gasteiger partial charge in [-0.05, 0) is 35.4 Å². The fourth-order valence-corrected chi connectivity index (χ4v) is 2.37. The van der Waals surface area contributed by atoms with Gasteiger partial charge in [0, 0.05) is 13.1 Å². The highest BCUT2D eigenvalue weighted by Crippen LogP contribution is 2.29. The van der Waals surface area contributed by atoms with Crippen LogP contribution in [0.1, 0.15) is 11.1 Å². The molecule has 2 aromatic carbocycles. The highest BCUT2D eigenvalue weighted by molar-refractivity contribution is 6.42. The van der Waals surface area contributed by atoms with Crippen LogP contribution in [0.25, 0.3) is 0 Å². The molecule has 0 bridgehead atoms. The van der Waals surface area contributed by atoms with E-state index in [2.05, 4.69) is 11.9 Å². The van der Waals surface area contributed by atoms with Gasteiger partial charge in [0.15, 0.2) is 11.5 Å². The summed E-state index contributed by atoms with van der Waals surface area (Å²) in [6.07, 6.45) is 1.83. The van der Waals surface area contributed by atoms with Crippen LogP contribution in [-0.4, -0.2) is 13.7 Å². The van der Waals surface area contributed by atoms with Gasteiger partial charge in [0.1, 0.15) is 6.61 Å². The molecule has 0 amide bonds. The number of methoxy groups -OCH3 is 1. The van der Waals surface area contributed by atoms with Crippen LogP contribution in [0, 0.1) is 0 Å². The lowest BCUT2D eigenvalue weighted by molar-refractivity contribution is 0.284. The molecule has 2 rings (SSSR count). The molecule has 0 saturated heterocycles. The number of nitrogens with one attached hydrogen (secondary N) is 1. The van der Waals surface area contributed by atoms with Gasteiger partial charge in [-0.2, -0.15) is 0 Å². The molecule has 0 atom stereocenters. The van der Waals surface area contributed by atoms with E-state index in [0.717, 1.165) is 24.2 Å². The Kier molecular flexibility index (Phi) is 6.78. The molecule has 5 heteroatoms. The van der Waals surface area contributed by atoms with E-state index < -0.39 is 0 Å². The van der Waals surface area contributed by atoms with E-state index in [-0.39, 0.29) is 0 Å². The molecule has 23 heavy (non-hydrogen) atoms. The van der Waals surface area contributed by atoms with Crippen LogP contribution < -0.4 is 14.8 Å². The van der Waals surface area contributed by atoms with Crippen LogP contribution in [-0.2, 0) is 13.2 Å². The van der Waals surface area contributed by atoms with E-state index in [1.165, 1.54) is 0 Å². The summed E-state index contributed by atoms with van der Waals surface area (Å²) in [7, 11) is 1.63. The summed E-state index contributed by atoms with van der Waals surface area (Å²) >= 11 is 11.9. The first-order valence-electron chi connectivity index (χ1n) is 7.19. The maximum absolute atomic E-state index is 6.01. The van der Waals surface area contributed by atoms with Gasteiger partial charge >= 0.3 is 0 Å². The van der Waals surface area contributed by atoms with Crippen LogP contribution in [0.3, 0.4) is 0 Å². The zero-order valence-electron chi connectivity index (χ0n) is 12.9. The van der Waals surface area contributed by atoms with Gasteiger partial charge in [-0.1, -0.05) is 41.4 Å². The molecule has 0 aliphatic carbocycles. The van der Waals surface area contributed by atoms with Crippen molar-refractivity contribution in [2.45, 2.75) is 13.2 Å². The first kappa shape index (κ1) is 17.7. The van der Waals surface area contributed by atoms with Crippen molar-refractivity contribution in [2.24, 2.45) is 0 Å². The third-order valence-electron chi connectivity index (χ3n) is 3.22. The first-order valence-corrected chi connectivity index (χ1v) is 7.95. The molecule has 0 heterocycles. The summed E-state index contributed by atoms with van der Waals surface area (Å²) in [6.45, 7) is 5.58. The van der Waals surface area contributed by atoms with Crippen molar-refractivity contribution in [3.05, 3.63) is 70.2 Å². The average Bonchev–Trinajstić information content (AvgIpc) is 2.56. The summed E-state index contributed by atoms with van der Waals surface area (Å²) in [5, 5.41) is 4.30. The van der Waals surface area contributed by atoms with E-state index in [1.807, 2.05) is 30.3 Å². The van der Waals surface area contributed by atoms with Gasteiger partial charge < -0.3 is 14.8 Å². The Morgan fingerprint density at radius 1 is 1.04 bits per heavy atom. The monoisotopic (exact) mass is 351 g/mol. The highest BCUT2D eigenvalue weighted by atomic mass is 35.5. The minimum absolute atomic E-state index is 0.390. The SMILES string of the molecule is C=CCNCc1ccc(OCc2ccc(Cl)c(Cl)c2)c(OC)c1. The molecule has 2 aromatic rings. The molecule has 0 aliphatic rings. The number of rotatable bonds is 8. The molecule has 0 radical (unpaired) electrons. The van der Waals surface area contributed by atoms with Gasteiger partial charge in [0.25, 0.3) is 0 Å². The van der Waals surface area contributed by atoms with E-state index in [9.17, 15) is 0 Å². The molecular weight excluding hydrogens is 333 g/mol. The minimum Gasteiger partial charge on any atom is -0.493 e. The van der Waals surface area contributed by atoms with Crippen molar-refractivity contribution in [2.75, 3.05) is 13.7 Å². The minimum atomic E-state index is 0.390. The molecular formula is C18H19Cl2NO2. The Balaban J connectivity index is 2.03. The molecule has 1 N–H and O–H groups in total. The fourth-order valence-electron chi connectivity index (χ4n) is 2.05. The summed E-state index contributed by atoms with van der Waals surface area (Å²) in [5.74, 6) is 1.38. The zero-order valence-corrected chi connectivity index (χ0v) is 14.5. The maximum Gasteiger partial charge on any atom is 0.161 e. The van der Waals surface area contributed by atoms with Crippen molar-refractivity contribution in [1.82, 2.24) is 5.32 Å². The first-order chi connectivity index (χ1) is 11.1. The molecule has 0 aliphatic heterocycles. The van der Waals surface area contributed by atoms with Crippen LogP contribution in [0.4, 0.5) is 0 Å². The molecule has 0 saturated carbocycles. The second-order valence-electron chi connectivity index (χ2n) is 4.94. The van der Waals surface area contributed by atoms with Crippen molar-refractivity contribution in [3.8, 4) is 11.5 Å². The zero-order chi connectivity index (χ0) is 16.7. The summed E-state index contributed by atoms with van der Waals surface area (Å²) in [5.41, 5.74) is 2.06. The molecule has 0 aromatic heterocycles. The summed E-state index contributed by atoms with van der Waals surface area (Å²) in [4.78, 5) is 0. The highest BCUT2D eigenvalue weighted by Gasteiger charge is 2.07. The van der Waals surface area contributed by atoms with Crippen molar-refractivity contribution in [1.29, 1.82) is 0 Å². The van der Waals surface area contributed by atoms with Gasteiger partial charge in [-0.25, -0.2) is 0 Å². The second-order valence-corrected chi connectivity index (χ2v) is 5.76. The van der Waals surface area contributed by atoms with Crippen molar-refractivity contribution < 1.29 is 9.47 Å². The quantitative estimate of drug-likeness (QED) is 0.544. The van der Waals surface area contributed by atoms with Crippen molar-refractivity contribution in [3.63, 3.8) is 0 Å². The molecule has 3 nitrogen and oxygen atoms in total. The number of ether oxygens (including phenoxy) is 2. The fraction of sp³-hybridized carbons (Fsp3) is 0.222. The number of halogens is 2. The average molecular weight is 352 g/mol. The van der Waals surface area contributed by atoms with Gasteiger partial charge in [0.2, 0.25) is 0 Å². The Morgan fingerprint density at radius 3 is 2.52 bits per heavy atom. The molecule has 0 fully saturated rings. The summed E-state index contributed by atoms with van der Waals surface area (Å²) in [6, 6.07) is 11.3. The summed E-state index contributed by atoms with van der Waals surface area (Å²) < 4.78 is 11.2. The van der Waals surface area contributed by atoms with Gasteiger partial charge in [0.05, 0.1) is 17.2 Å². The Hall–Kier alpha value is -1.68. The van der Waals surface area contributed by atoms with Crippen LogP contribution >= 0.6 is 23.2 Å². The molecule has 0 unspecified atom stereocenters. The van der Waals surface area contributed by atoms with Gasteiger partial charge in [-0.15, -0.1) is 6.58 Å². The largest absolute Gasteiger partial charge is 0.493 e. The second kappa shape index (κ2) is 8.82. The third kappa shape index (κ3) is 5.17. The predicted octanol–water partition coefficient (Wildman–Crippen LogP) is 4.86.